The van der Waals surface area contributed by atoms with Crippen molar-refractivity contribution in [3.63, 3.8) is 0 Å². The second kappa shape index (κ2) is 5.87. The summed E-state index contributed by atoms with van der Waals surface area (Å²) in [4.78, 5) is 0. The molecular weight excluding hydrogens is 202 g/mol. The van der Waals surface area contributed by atoms with Gasteiger partial charge in [-0.05, 0) is 25.3 Å². The molecule has 1 aromatic rings. The summed E-state index contributed by atoms with van der Waals surface area (Å²) in [6.07, 6.45) is 3.77. The van der Waals surface area contributed by atoms with Crippen LogP contribution in [0.15, 0.2) is 24.3 Å². The van der Waals surface area contributed by atoms with Crippen molar-refractivity contribution in [2.75, 3.05) is 13.2 Å². The molecule has 1 unspecified atom stereocenters. The zero-order chi connectivity index (χ0) is 11.2. The molecule has 1 heterocycles. The third-order valence-electron chi connectivity index (χ3n) is 2.89. The lowest BCUT2D eigenvalue weighted by molar-refractivity contribution is -0.0112. The Kier molecular flexibility index (Phi) is 4.19. The first kappa shape index (κ1) is 11.4. The number of hydrogen-bond donors (Lipinski definition) is 1. The smallest absolute Gasteiger partial charge is 0.123 e. The molecular formula is C13H19NO2. The van der Waals surface area contributed by atoms with Crippen LogP contribution in [-0.2, 0) is 11.3 Å². The fraction of sp³-hybridized carbons (Fsp3) is 0.538. The van der Waals surface area contributed by atoms with Gasteiger partial charge >= 0.3 is 0 Å². The molecule has 0 aromatic heterocycles. The highest BCUT2D eigenvalue weighted by atomic mass is 16.5. The standard InChI is InChI=1S/C13H19NO2/c14-9-11-5-1-2-7-13(11)16-10-12-6-3-4-8-15-12/h1-2,5,7,12H,3-4,6,8-10,14H2. The average molecular weight is 221 g/mol. The molecule has 2 rings (SSSR count). The lowest BCUT2D eigenvalue weighted by Gasteiger charge is -2.23. The number of rotatable bonds is 4. The largest absolute Gasteiger partial charge is 0.491 e. The van der Waals surface area contributed by atoms with Gasteiger partial charge in [0.1, 0.15) is 12.4 Å². The van der Waals surface area contributed by atoms with Crippen molar-refractivity contribution in [1.29, 1.82) is 0 Å². The van der Waals surface area contributed by atoms with E-state index < -0.39 is 0 Å². The highest BCUT2D eigenvalue weighted by molar-refractivity contribution is 5.32. The van der Waals surface area contributed by atoms with Gasteiger partial charge in [-0.15, -0.1) is 0 Å². The van der Waals surface area contributed by atoms with Gasteiger partial charge in [-0.2, -0.15) is 0 Å². The molecule has 1 saturated heterocycles. The van der Waals surface area contributed by atoms with Crippen LogP contribution in [0.2, 0.25) is 0 Å². The topological polar surface area (TPSA) is 44.5 Å². The zero-order valence-corrected chi connectivity index (χ0v) is 9.52. The van der Waals surface area contributed by atoms with Crippen molar-refractivity contribution in [2.45, 2.75) is 31.9 Å². The van der Waals surface area contributed by atoms with Crippen LogP contribution in [0.1, 0.15) is 24.8 Å². The fourth-order valence-corrected chi connectivity index (χ4v) is 1.93. The molecule has 0 aliphatic carbocycles. The predicted octanol–water partition coefficient (Wildman–Crippen LogP) is 2.09. The second-order valence-electron chi connectivity index (χ2n) is 4.11. The van der Waals surface area contributed by atoms with E-state index in [1.54, 1.807) is 0 Å². The van der Waals surface area contributed by atoms with Crippen molar-refractivity contribution < 1.29 is 9.47 Å². The van der Waals surface area contributed by atoms with E-state index in [-0.39, 0.29) is 6.10 Å². The van der Waals surface area contributed by atoms with E-state index in [0.717, 1.165) is 24.3 Å². The van der Waals surface area contributed by atoms with Gasteiger partial charge in [0.05, 0.1) is 6.10 Å². The lowest BCUT2D eigenvalue weighted by Crippen LogP contribution is -2.26. The minimum absolute atomic E-state index is 0.250. The molecule has 0 bridgehead atoms. The Balaban J connectivity index is 1.88. The fourth-order valence-electron chi connectivity index (χ4n) is 1.93. The van der Waals surface area contributed by atoms with Crippen molar-refractivity contribution in [2.24, 2.45) is 5.73 Å². The van der Waals surface area contributed by atoms with Crippen LogP contribution in [0.25, 0.3) is 0 Å². The summed E-state index contributed by atoms with van der Waals surface area (Å²) >= 11 is 0. The van der Waals surface area contributed by atoms with Crippen LogP contribution >= 0.6 is 0 Å². The van der Waals surface area contributed by atoms with E-state index in [4.69, 9.17) is 15.2 Å². The minimum Gasteiger partial charge on any atom is -0.491 e. The van der Waals surface area contributed by atoms with E-state index in [0.29, 0.717) is 13.2 Å². The predicted molar refractivity (Wildman–Crippen MR) is 63.4 cm³/mol. The first-order valence-electron chi connectivity index (χ1n) is 5.92. The molecule has 0 spiro atoms. The van der Waals surface area contributed by atoms with Gasteiger partial charge in [0.2, 0.25) is 0 Å². The van der Waals surface area contributed by atoms with Crippen molar-refractivity contribution in [3.05, 3.63) is 29.8 Å². The van der Waals surface area contributed by atoms with Gasteiger partial charge < -0.3 is 15.2 Å². The molecule has 1 atom stereocenters. The Morgan fingerprint density at radius 3 is 2.94 bits per heavy atom. The Bertz CT molecular complexity index is 321. The Hall–Kier alpha value is -1.06. The van der Waals surface area contributed by atoms with Gasteiger partial charge in [-0.3, -0.25) is 0 Å². The van der Waals surface area contributed by atoms with Crippen LogP contribution in [0.3, 0.4) is 0 Å². The van der Waals surface area contributed by atoms with Crippen LogP contribution in [0.5, 0.6) is 5.75 Å². The quantitative estimate of drug-likeness (QED) is 0.846. The maximum absolute atomic E-state index is 5.76. The third-order valence-corrected chi connectivity index (χ3v) is 2.89. The van der Waals surface area contributed by atoms with Gasteiger partial charge in [0.15, 0.2) is 0 Å². The Labute approximate surface area is 96.5 Å². The summed E-state index contributed by atoms with van der Waals surface area (Å²) in [5, 5.41) is 0. The van der Waals surface area contributed by atoms with E-state index in [2.05, 4.69) is 0 Å². The Morgan fingerprint density at radius 1 is 1.31 bits per heavy atom. The van der Waals surface area contributed by atoms with Gasteiger partial charge in [-0.25, -0.2) is 0 Å². The van der Waals surface area contributed by atoms with Crippen molar-refractivity contribution in [3.8, 4) is 5.75 Å². The first-order valence-corrected chi connectivity index (χ1v) is 5.92. The molecule has 1 aliphatic heterocycles. The van der Waals surface area contributed by atoms with Crippen molar-refractivity contribution >= 4 is 0 Å². The maximum Gasteiger partial charge on any atom is 0.123 e. The number of ether oxygens (including phenoxy) is 2. The molecule has 3 heteroatoms. The molecule has 16 heavy (non-hydrogen) atoms. The van der Waals surface area contributed by atoms with E-state index in [1.165, 1.54) is 12.8 Å². The second-order valence-corrected chi connectivity index (χ2v) is 4.11. The lowest BCUT2D eigenvalue weighted by atomic mass is 10.1. The van der Waals surface area contributed by atoms with Crippen LogP contribution < -0.4 is 10.5 Å². The van der Waals surface area contributed by atoms with Gasteiger partial charge in [0.25, 0.3) is 0 Å². The average Bonchev–Trinajstić information content (AvgIpc) is 2.38. The number of para-hydroxylation sites is 1. The molecule has 2 N–H and O–H groups in total. The molecule has 88 valence electrons. The zero-order valence-electron chi connectivity index (χ0n) is 9.52. The van der Waals surface area contributed by atoms with Gasteiger partial charge in [0, 0.05) is 18.7 Å². The number of nitrogens with two attached hydrogens (primary N) is 1. The normalized spacial score (nSPS) is 20.7. The third kappa shape index (κ3) is 2.97. The van der Waals surface area contributed by atoms with Crippen molar-refractivity contribution in [1.82, 2.24) is 0 Å². The first-order chi connectivity index (χ1) is 7.90. The number of hydrogen-bond acceptors (Lipinski definition) is 3. The Morgan fingerprint density at radius 2 is 2.19 bits per heavy atom. The maximum atomic E-state index is 5.76. The molecule has 3 nitrogen and oxygen atoms in total. The van der Waals surface area contributed by atoms with Crippen LogP contribution in [0.4, 0.5) is 0 Å². The summed E-state index contributed by atoms with van der Waals surface area (Å²) in [5.41, 5.74) is 6.70. The SMILES string of the molecule is NCc1ccccc1OCC1CCCCO1. The van der Waals surface area contributed by atoms with Crippen LogP contribution in [-0.4, -0.2) is 19.3 Å². The summed E-state index contributed by atoms with van der Waals surface area (Å²) in [6, 6.07) is 7.91. The summed E-state index contributed by atoms with van der Waals surface area (Å²) in [7, 11) is 0. The molecule has 0 amide bonds. The molecule has 1 aliphatic rings. The highest BCUT2D eigenvalue weighted by Crippen LogP contribution is 2.19. The van der Waals surface area contributed by atoms with E-state index in [9.17, 15) is 0 Å². The minimum atomic E-state index is 0.250. The molecule has 0 saturated carbocycles. The van der Waals surface area contributed by atoms with Gasteiger partial charge in [-0.1, -0.05) is 18.2 Å². The molecule has 0 radical (unpaired) electrons. The highest BCUT2D eigenvalue weighted by Gasteiger charge is 2.14. The monoisotopic (exact) mass is 221 g/mol. The van der Waals surface area contributed by atoms with Crippen LogP contribution in [0, 0.1) is 0 Å². The number of benzene rings is 1. The van der Waals surface area contributed by atoms with E-state index >= 15 is 0 Å². The van der Waals surface area contributed by atoms with E-state index in [1.807, 2.05) is 24.3 Å². The summed E-state index contributed by atoms with van der Waals surface area (Å²) in [6.45, 7) is 2.02. The summed E-state index contributed by atoms with van der Waals surface area (Å²) < 4.78 is 11.4. The summed E-state index contributed by atoms with van der Waals surface area (Å²) in [5.74, 6) is 0.888. The molecule has 1 aromatic carbocycles. The molecule has 1 fully saturated rings.